The minimum Gasteiger partial charge on any atom is -0.459 e. The molecule has 1 rings (SSSR count). The summed E-state index contributed by atoms with van der Waals surface area (Å²) in [5, 5.41) is 9.04. The lowest BCUT2D eigenvalue weighted by Gasteiger charge is -2.07. The van der Waals surface area contributed by atoms with E-state index in [2.05, 4.69) is 0 Å². The Hall–Kier alpha value is -1.06. The lowest BCUT2D eigenvalue weighted by molar-refractivity contribution is 0.0303. The van der Waals surface area contributed by atoms with Crippen molar-refractivity contribution in [1.82, 2.24) is 0 Å². The number of carbonyl (C=O) groups is 1. The topological polar surface area (TPSA) is 46.5 Å². The second kappa shape index (κ2) is 5.62. The van der Waals surface area contributed by atoms with Gasteiger partial charge in [-0.15, -0.1) is 11.6 Å². The van der Waals surface area contributed by atoms with E-state index < -0.39 is 12.1 Å². The summed E-state index contributed by atoms with van der Waals surface area (Å²) >= 11 is 5.34. The maximum absolute atomic E-state index is 11.3. The number of ether oxygens (including phenoxy) is 1. The molecule has 0 amide bonds. The Morgan fingerprint density at radius 3 is 2.64 bits per heavy atom. The largest absolute Gasteiger partial charge is 0.459 e. The third-order valence-corrected chi connectivity index (χ3v) is 1.95. The molecule has 0 radical (unpaired) electrons. The van der Waals surface area contributed by atoms with Crippen LogP contribution in [0.4, 0.5) is 0 Å². The van der Waals surface area contributed by atoms with Gasteiger partial charge >= 0.3 is 5.97 Å². The lowest BCUT2D eigenvalue weighted by Crippen LogP contribution is -2.19. The van der Waals surface area contributed by atoms with Crippen LogP contribution in [0, 0.1) is 0 Å². The van der Waals surface area contributed by atoms with Crippen LogP contribution in [0.1, 0.15) is 10.4 Å². The van der Waals surface area contributed by atoms with Crippen LogP contribution in [-0.2, 0) is 4.74 Å². The molecule has 0 bridgehead atoms. The predicted octanol–water partition coefficient (Wildman–Crippen LogP) is 1.44. The standard InChI is InChI=1S/C10H11ClO3/c11-6-9(12)7-14-10(13)8-4-2-1-3-5-8/h1-5,9,12H,6-7H2. The minimum atomic E-state index is -0.802. The smallest absolute Gasteiger partial charge is 0.338 e. The highest BCUT2D eigenvalue weighted by molar-refractivity contribution is 6.18. The van der Waals surface area contributed by atoms with Gasteiger partial charge in [-0.1, -0.05) is 18.2 Å². The molecule has 0 saturated heterocycles. The van der Waals surface area contributed by atoms with Gasteiger partial charge in [-0.2, -0.15) is 0 Å². The van der Waals surface area contributed by atoms with Crippen LogP contribution in [0.5, 0.6) is 0 Å². The first-order chi connectivity index (χ1) is 6.74. The molecule has 0 saturated carbocycles. The molecule has 1 aromatic rings. The molecule has 3 nitrogen and oxygen atoms in total. The molecule has 0 spiro atoms. The molecule has 0 aliphatic carbocycles. The van der Waals surface area contributed by atoms with Crippen molar-refractivity contribution in [2.75, 3.05) is 12.5 Å². The van der Waals surface area contributed by atoms with Crippen LogP contribution < -0.4 is 0 Å². The van der Waals surface area contributed by atoms with Crippen molar-refractivity contribution in [2.45, 2.75) is 6.10 Å². The van der Waals surface area contributed by atoms with E-state index in [0.717, 1.165) is 0 Å². The molecule has 1 unspecified atom stereocenters. The summed E-state index contributed by atoms with van der Waals surface area (Å²) in [6.45, 7) is -0.0722. The molecule has 0 fully saturated rings. The summed E-state index contributed by atoms with van der Waals surface area (Å²) in [5.41, 5.74) is 0.467. The van der Waals surface area contributed by atoms with Gasteiger partial charge in [0.15, 0.2) is 0 Å². The van der Waals surface area contributed by atoms with Crippen molar-refractivity contribution >= 4 is 17.6 Å². The number of halogens is 1. The van der Waals surface area contributed by atoms with Crippen LogP contribution >= 0.6 is 11.6 Å². The molecule has 76 valence electrons. The van der Waals surface area contributed by atoms with E-state index in [9.17, 15) is 4.79 Å². The molecule has 0 aliphatic heterocycles. The quantitative estimate of drug-likeness (QED) is 0.610. The van der Waals surface area contributed by atoms with Gasteiger partial charge < -0.3 is 9.84 Å². The lowest BCUT2D eigenvalue weighted by atomic mass is 10.2. The number of rotatable bonds is 4. The molecule has 1 atom stereocenters. The van der Waals surface area contributed by atoms with E-state index in [1.165, 1.54) is 0 Å². The normalized spacial score (nSPS) is 12.1. The van der Waals surface area contributed by atoms with Crippen LogP contribution in [-0.4, -0.2) is 29.7 Å². The number of aliphatic hydroxyl groups excluding tert-OH is 1. The highest BCUT2D eigenvalue weighted by Gasteiger charge is 2.09. The molecule has 1 aromatic carbocycles. The van der Waals surface area contributed by atoms with E-state index >= 15 is 0 Å². The van der Waals surface area contributed by atoms with Gasteiger partial charge in [0.1, 0.15) is 12.7 Å². The maximum atomic E-state index is 11.3. The summed E-state index contributed by atoms with van der Waals surface area (Å²) in [6.07, 6.45) is -0.802. The molecule has 0 aromatic heterocycles. The second-order valence-corrected chi connectivity index (χ2v) is 3.08. The summed E-state index contributed by atoms with van der Waals surface area (Å²) in [5.74, 6) is -0.392. The van der Waals surface area contributed by atoms with Crippen molar-refractivity contribution < 1.29 is 14.6 Å². The molecule has 14 heavy (non-hydrogen) atoms. The van der Waals surface area contributed by atoms with Gasteiger partial charge in [-0.25, -0.2) is 4.79 Å². The highest BCUT2D eigenvalue weighted by Crippen LogP contribution is 2.01. The Morgan fingerprint density at radius 1 is 1.43 bits per heavy atom. The van der Waals surface area contributed by atoms with Gasteiger partial charge in [-0.05, 0) is 12.1 Å². The number of hydrogen-bond donors (Lipinski definition) is 1. The van der Waals surface area contributed by atoms with Gasteiger partial charge in [0.25, 0.3) is 0 Å². The Balaban J connectivity index is 2.44. The Labute approximate surface area is 87.3 Å². The Bertz CT molecular complexity index is 287. The molecular formula is C10H11ClO3. The van der Waals surface area contributed by atoms with Gasteiger partial charge in [0.2, 0.25) is 0 Å². The summed E-state index contributed by atoms with van der Waals surface area (Å²) < 4.78 is 4.81. The van der Waals surface area contributed by atoms with Crippen LogP contribution in [0.3, 0.4) is 0 Å². The van der Waals surface area contributed by atoms with Crippen LogP contribution in [0.25, 0.3) is 0 Å². The highest BCUT2D eigenvalue weighted by atomic mass is 35.5. The SMILES string of the molecule is O=C(OCC(O)CCl)c1ccccc1. The maximum Gasteiger partial charge on any atom is 0.338 e. The average molecular weight is 215 g/mol. The number of aliphatic hydroxyl groups is 1. The first-order valence-corrected chi connectivity index (χ1v) is 4.73. The number of benzene rings is 1. The van der Waals surface area contributed by atoms with E-state index in [1.54, 1.807) is 24.3 Å². The second-order valence-electron chi connectivity index (χ2n) is 2.77. The fraction of sp³-hybridized carbons (Fsp3) is 0.300. The zero-order valence-electron chi connectivity index (χ0n) is 7.52. The van der Waals surface area contributed by atoms with Crippen LogP contribution in [0.15, 0.2) is 30.3 Å². The molecule has 0 aliphatic rings. The van der Waals surface area contributed by atoms with Crippen molar-refractivity contribution in [1.29, 1.82) is 0 Å². The molecular weight excluding hydrogens is 204 g/mol. The van der Waals surface area contributed by atoms with Crippen molar-refractivity contribution in [3.8, 4) is 0 Å². The fourth-order valence-corrected chi connectivity index (χ4v) is 0.963. The van der Waals surface area contributed by atoms with Crippen molar-refractivity contribution in [3.63, 3.8) is 0 Å². The average Bonchev–Trinajstić information content (AvgIpc) is 2.26. The van der Waals surface area contributed by atoms with Crippen molar-refractivity contribution in [2.24, 2.45) is 0 Å². The predicted molar refractivity (Wildman–Crippen MR) is 53.5 cm³/mol. The number of carbonyl (C=O) groups excluding carboxylic acids is 1. The van der Waals surface area contributed by atoms with Gasteiger partial charge in [0, 0.05) is 0 Å². The van der Waals surface area contributed by atoms with E-state index in [4.69, 9.17) is 21.4 Å². The first-order valence-electron chi connectivity index (χ1n) is 4.20. The van der Waals surface area contributed by atoms with E-state index in [0.29, 0.717) is 5.56 Å². The zero-order valence-corrected chi connectivity index (χ0v) is 8.28. The van der Waals surface area contributed by atoms with E-state index in [-0.39, 0.29) is 12.5 Å². The van der Waals surface area contributed by atoms with Crippen molar-refractivity contribution in [3.05, 3.63) is 35.9 Å². The number of esters is 1. The van der Waals surface area contributed by atoms with Crippen LogP contribution in [0.2, 0.25) is 0 Å². The third-order valence-electron chi connectivity index (χ3n) is 1.59. The third kappa shape index (κ3) is 3.36. The molecule has 1 N–H and O–H groups in total. The van der Waals surface area contributed by atoms with Gasteiger partial charge in [-0.3, -0.25) is 0 Å². The fourth-order valence-electron chi connectivity index (χ4n) is 0.874. The zero-order chi connectivity index (χ0) is 10.4. The number of alkyl halides is 1. The minimum absolute atomic E-state index is 0.0576. The Kier molecular flexibility index (Phi) is 4.43. The number of hydrogen-bond acceptors (Lipinski definition) is 3. The summed E-state index contributed by atoms with van der Waals surface area (Å²) in [7, 11) is 0. The first kappa shape index (κ1) is 11.0. The Morgan fingerprint density at radius 2 is 2.07 bits per heavy atom. The molecule has 0 heterocycles. The van der Waals surface area contributed by atoms with Gasteiger partial charge in [0.05, 0.1) is 11.4 Å². The summed E-state index contributed by atoms with van der Waals surface area (Å²) in [4.78, 5) is 11.3. The monoisotopic (exact) mass is 214 g/mol. The van der Waals surface area contributed by atoms with E-state index in [1.807, 2.05) is 6.07 Å². The molecule has 4 heteroatoms. The summed E-state index contributed by atoms with van der Waals surface area (Å²) in [6, 6.07) is 8.60.